The lowest BCUT2D eigenvalue weighted by atomic mass is 9.57. The van der Waals surface area contributed by atoms with Crippen molar-refractivity contribution in [2.75, 3.05) is 0 Å². The van der Waals surface area contributed by atoms with Crippen LogP contribution in [0.2, 0.25) is 0 Å². The highest BCUT2D eigenvalue weighted by molar-refractivity contribution is 7.11. The Hall–Kier alpha value is -1.53. The van der Waals surface area contributed by atoms with Crippen LogP contribution in [-0.2, 0) is 11.8 Å². The Kier molecular flexibility index (Phi) is 7.71. The van der Waals surface area contributed by atoms with E-state index >= 15 is 0 Å². The molecule has 1 heterocycles. The van der Waals surface area contributed by atoms with Crippen LogP contribution in [0.3, 0.4) is 0 Å². The van der Waals surface area contributed by atoms with Crippen molar-refractivity contribution in [2.45, 2.75) is 116 Å². The summed E-state index contributed by atoms with van der Waals surface area (Å²) >= 11 is 1.77. The summed E-state index contributed by atoms with van der Waals surface area (Å²) < 4.78 is 0. The highest BCUT2D eigenvalue weighted by Crippen LogP contribution is 2.62. The molecule has 0 aliphatic heterocycles. The van der Waals surface area contributed by atoms with Gasteiger partial charge >= 0.3 is 0 Å². The maximum absolute atomic E-state index is 11.3. The van der Waals surface area contributed by atoms with Gasteiger partial charge in [-0.05, 0) is 91.6 Å². The molecule has 0 saturated heterocycles. The van der Waals surface area contributed by atoms with Gasteiger partial charge in [-0.3, -0.25) is 0 Å². The zero-order chi connectivity index (χ0) is 27.3. The van der Waals surface area contributed by atoms with E-state index in [1.54, 1.807) is 11.3 Å². The molecule has 4 aliphatic carbocycles. The second-order valence-corrected chi connectivity index (χ2v) is 14.5. The third-order valence-corrected chi connectivity index (χ3v) is 11.9. The van der Waals surface area contributed by atoms with Crippen molar-refractivity contribution >= 4 is 11.3 Å². The van der Waals surface area contributed by atoms with Crippen LogP contribution in [0.4, 0.5) is 0 Å². The zero-order valence-corrected chi connectivity index (χ0v) is 24.6. The van der Waals surface area contributed by atoms with Crippen molar-refractivity contribution in [3.63, 3.8) is 0 Å². The first-order valence-electron chi connectivity index (χ1n) is 14.8. The van der Waals surface area contributed by atoms with Crippen LogP contribution >= 0.6 is 11.3 Å². The molecule has 4 aliphatic rings. The third kappa shape index (κ3) is 5.05. The van der Waals surface area contributed by atoms with Crippen LogP contribution in [-0.4, -0.2) is 38.6 Å². The number of rotatable bonds is 7. The van der Waals surface area contributed by atoms with Crippen LogP contribution in [0.5, 0.6) is 0 Å². The highest BCUT2D eigenvalue weighted by Gasteiger charge is 2.54. The lowest BCUT2D eigenvalue weighted by Gasteiger charge is -2.47. The van der Waals surface area contributed by atoms with Gasteiger partial charge in [0.2, 0.25) is 0 Å². The van der Waals surface area contributed by atoms with E-state index < -0.39 is 18.3 Å². The van der Waals surface area contributed by atoms with E-state index in [1.165, 1.54) is 36.1 Å². The molecule has 1 aromatic rings. The fourth-order valence-corrected chi connectivity index (χ4v) is 9.17. The van der Waals surface area contributed by atoms with E-state index in [9.17, 15) is 15.3 Å². The Morgan fingerprint density at radius 3 is 2.66 bits per heavy atom. The standard InChI is InChI=1S/C33H47NO3S/c1-6-25-20-34-30(38-25)33(16-17-33)29(37)13-15-31(3,4)28-12-11-26-22(8-7-14-32(26,28)5)9-10-23-18-24(35)19-27(36)21(23)2/h9-10,13,15,20,24,26-29,35-37H,2,6-8,11-12,14,16-19H2,1,3-5H3/b15-13+,22-9+,23-10-/t24-,26+,27+,28-,29+,32+/m1/s1. The smallest absolute Gasteiger partial charge is 0.102 e. The van der Waals surface area contributed by atoms with Gasteiger partial charge in [-0.2, -0.15) is 0 Å². The SMILES string of the molecule is C=C1/C(=C\C=C2/CCC[C@]3(C)[C@@H](C(C)(C)/C=C/[C@H](O)C4(c5ncc(CC)s5)CC4)CC[C@@H]23)C[C@@H](O)C[C@@H]1O. The predicted octanol–water partition coefficient (Wildman–Crippen LogP) is 6.82. The normalized spacial score (nSPS) is 36.2. The van der Waals surface area contributed by atoms with Gasteiger partial charge in [-0.1, -0.05) is 64.2 Å². The summed E-state index contributed by atoms with van der Waals surface area (Å²) in [5.41, 5.74) is 3.31. The van der Waals surface area contributed by atoms with Gasteiger partial charge in [0.15, 0.2) is 0 Å². The molecule has 0 aromatic carbocycles. The Morgan fingerprint density at radius 2 is 1.97 bits per heavy atom. The fraction of sp³-hybridized carbons (Fsp3) is 0.667. The maximum Gasteiger partial charge on any atom is 0.102 e. The second-order valence-electron chi connectivity index (χ2n) is 13.4. The van der Waals surface area contributed by atoms with Crippen LogP contribution in [0.15, 0.2) is 53.8 Å². The van der Waals surface area contributed by atoms with Crippen LogP contribution in [0.1, 0.15) is 95.4 Å². The molecule has 5 rings (SSSR count). The number of aliphatic hydroxyl groups excluding tert-OH is 3. The highest BCUT2D eigenvalue weighted by atomic mass is 32.1. The quantitative estimate of drug-likeness (QED) is 0.334. The lowest BCUT2D eigenvalue weighted by Crippen LogP contribution is -2.39. The molecule has 0 unspecified atom stereocenters. The first-order valence-corrected chi connectivity index (χ1v) is 15.6. The lowest BCUT2D eigenvalue weighted by molar-refractivity contribution is 0.0706. The van der Waals surface area contributed by atoms with Gasteiger partial charge in [-0.25, -0.2) is 4.98 Å². The van der Waals surface area contributed by atoms with Gasteiger partial charge in [0.05, 0.1) is 23.7 Å². The fourth-order valence-electron chi connectivity index (χ4n) is 8.04. The number of thiazole rings is 1. The van der Waals surface area contributed by atoms with Crippen molar-refractivity contribution in [1.82, 2.24) is 4.98 Å². The summed E-state index contributed by atoms with van der Waals surface area (Å²) in [5, 5.41) is 32.8. The van der Waals surface area contributed by atoms with Gasteiger partial charge in [-0.15, -0.1) is 11.3 Å². The topological polar surface area (TPSA) is 73.6 Å². The average molecular weight is 538 g/mol. The van der Waals surface area contributed by atoms with E-state index in [0.717, 1.165) is 41.8 Å². The van der Waals surface area contributed by atoms with Crippen LogP contribution in [0.25, 0.3) is 0 Å². The minimum atomic E-state index is -0.641. The van der Waals surface area contributed by atoms with Gasteiger partial charge in [0, 0.05) is 17.5 Å². The molecule has 6 atom stereocenters. The Bertz CT molecular complexity index is 1140. The zero-order valence-electron chi connectivity index (χ0n) is 23.7. The third-order valence-electron chi connectivity index (χ3n) is 10.5. The van der Waals surface area contributed by atoms with E-state index in [-0.39, 0.29) is 16.2 Å². The van der Waals surface area contributed by atoms with Crippen molar-refractivity contribution in [3.8, 4) is 0 Å². The Labute approximate surface area is 233 Å². The number of hydrogen-bond donors (Lipinski definition) is 3. The largest absolute Gasteiger partial charge is 0.393 e. The summed E-state index contributed by atoms with van der Waals surface area (Å²) in [6.07, 6.45) is 19.1. The minimum Gasteiger partial charge on any atom is -0.393 e. The predicted molar refractivity (Wildman–Crippen MR) is 156 cm³/mol. The summed E-state index contributed by atoms with van der Waals surface area (Å²) in [4.78, 5) is 5.98. The number of nitrogens with zero attached hydrogens (tertiary/aromatic N) is 1. The number of aliphatic hydroxyl groups is 3. The molecule has 0 radical (unpaired) electrons. The van der Waals surface area contributed by atoms with E-state index in [1.807, 2.05) is 6.20 Å². The molecule has 0 bridgehead atoms. The Balaban J connectivity index is 1.32. The minimum absolute atomic E-state index is 0.00912. The van der Waals surface area contributed by atoms with Crippen LogP contribution < -0.4 is 0 Å². The number of fused-ring (bicyclic) bond motifs is 1. The molecule has 208 valence electrons. The molecule has 0 spiro atoms. The first kappa shape index (κ1) is 28.0. The number of aromatic nitrogens is 1. The molecular weight excluding hydrogens is 490 g/mol. The molecule has 4 nitrogen and oxygen atoms in total. The van der Waals surface area contributed by atoms with Gasteiger partial charge < -0.3 is 15.3 Å². The molecule has 0 amide bonds. The van der Waals surface area contributed by atoms with Gasteiger partial charge in [0.1, 0.15) is 5.01 Å². The van der Waals surface area contributed by atoms with E-state index in [4.69, 9.17) is 0 Å². The van der Waals surface area contributed by atoms with Crippen LogP contribution in [0, 0.1) is 22.7 Å². The number of allylic oxidation sites excluding steroid dienone is 4. The van der Waals surface area contributed by atoms with E-state index in [2.05, 4.69) is 63.6 Å². The van der Waals surface area contributed by atoms with E-state index in [0.29, 0.717) is 24.7 Å². The van der Waals surface area contributed by atoms with Gasteiger partial charge in [0.25, 0.3) is 0 Å². The van der Waals surface area contributed by atoms with Crippen molar-refractivity contribution in [1.29, 1.82) is 0 Å². The molecular formula is C33H47NO3S. The summed E-state index contributed by atoms with van der Waals surface area (Å²) in [6, 6.07) is 0. The number of hydrogen-bond acceptors (Lipinski definition) is 5. The summed E-state index contributed by atoms with van der Waals surface area (Å²) in [6.45, 7) is 13.5. The molecule has 38 heavy (non-hydrogen) atoms. The van der Waals surface area contributed by atoms with Crippen molar-refractivity contribution < 1.29 is 15.3 Å². The average Bonchev–Trinajstić information content (AvgIpc) is 3.38. The second kappa shape index (κ2) is 10.5. The maximum atomic E-state index is 11.3. The summed E-state index contributed by atoms with van der Waals surface area (Å²) in [7, 11) is 0. The molecule has 5 heteroatoms. The van der Waals surface area contributed by atoms with Crippen molar-refractivity contribution in [3.05, 3.63) is 63.7 Å². The first-order chi connectivity index (χ1) is 18.0. The monoisotopic (exact) mass is 537 g/mol. The summed E-state index contributed by atoms with van der Waals surface area (Å²) in [5.74, 6) is 1.11. The number of aryl methyl sites for hydroxylation is 1. The Morgan fingerprint density at radius 1 is 1.21 bits per heavy atom. The molecule has 4 fully saturated rings. The molecule has 1 aromatic heterocycles. The molecule has 3 N–H and O–H groups in total. The molecule has 4 saturated carbocycles. The van der Waals surface area contributed by atoms with Crippen molar-refractivity contribution in [2.24, 2.45) is 22.7 Å².